The Labute approximate surface area is 133 Å². The van der Waals surface area contributed by atoms with Crippen molar-refractivity contribution >= 4 is 23.4 Å². The third-order valence-corrected chi connectivity index (χ3v) is 3.97. The number of carbonyl (C=O) groups is 2. The largest absolute Gasteiger partial charge is 0.356 e. The molecule has 1 fully saturated rings. The number of hydrogen-bond donors (Lipinski definition) is 2. The fourth-order valence-electron chi connectivity index (χ4n) is 2.50. The van der Waals surface area contributed by atoms with Crippen LogP contribution in [-0.2, 0) is 16.1 Å². The second-order valence-corrected chi connectivity index (χ2v) is 5.54. The maximum absolute atomic E-state index is 13.9. The van der Waals surface area contributed by atoms with E-state index in [1.54, 1.807) is 11.0 Å². The molecule has 22 heavy (non-hydrogen) atoms. The monoisotopic (exact) mass is 327 g/mol. The predicted molar refractivity (Wildman–Crippen MR) is 81.9 cm³/mol. The lowest BCUT2D eigenvalue weighted by atomic mass is 10.1. The Bertz CT molecular complexity index is 547. The molecule has 1 aliphatic heterocycles. The number of benzene rings is 1. The van der Waals surface area contributed by atoms with Gasteiger partial charge in [0.15, 0.2) is 0 Å². The molecule has 0 aliphatic carbocycles. The van der Waals surface area contributed by atoms with Crippen molar-refractivity contribution in [2.75, 3.05) is 19.6 Å². The number of hydrogen-bond acceptors (Lipinski definition) is 3. The summed E-state index contributed by atoms with van der Waals surface area (Å²) in [7, 11) is 0. The molecule has 0 radical (unpaired) electrons. The normalized spacial score (nSPS) is 18.9. The molecule has 0 unspecified atom stereocenters. The Morgan fingerprint density at radius 3 is 3.00 bits per heavy atom. The lowest BCUT2D eigenvalue weighted by molar-refractivity contribution is -0.134. The standard InChI is InChI=1S/C15H19ClFN3O2/c1-2-18-14(21)8-13-15(22)19-6-7-20(13)9-10-11(16)4-3-5-12(10)17/h3-5,13H,2,6-9H2,1H3,(H,18,21)(H,19,22)/t13-/m1/s1. The van der Waals surface area contributed by atoms with Gasteiger partial charge in [-0.05, 0) is 19.1 Å². The molecule has 1 atom stereocenters. The number of rotatable bonds is 5. The summed E-state index contributed by atoms with van der Waals surface area (Å²) in [6.07, 6.45) is 0.0474. The zero-order chi connectivity index (χ0) is 16.1. The first-order valence-electron chi connectivity index (χ1n) is 7.24. The van der Waals surface area contributed by atoms with Crippen LogP contribution in [0.3, 0.4) is 0 Å². The fraction of sp³-hybridized carbons (Fsp3) is 0.467. The van der Waals surface area contributed by atoms with E-state index < -0.39 is 11.9 Å². The van der Waals surface area contributed by atoms with Crippen LogP contribution in [-0.4, -0.2) is 42.4 Å². The molecule has 0 spiro atoms. The van der Waals surface area contributed by atoms with E-state index in [0.29, 0.717) is 30.2 Å². The fourth-order valence-corrected chi connectivity index (χ4v) is 2.73. The highest BCUT2D eigenvalue weighted by Gasteiger charge is 2.32. The van der Waals surface area contributed by atoms with Crippen LogP contribution in [0, 0.1) is 5.82 Å². The van der Waals surface area contributed by atoms with Crippen molar-refractivity contribution in [3.8, 4) is 0 Å². The van der Waals surface area contributed by atoms with Gasteiger partial charge in [-0.25, -0.2) is 4.39 Å². The molecular weight excluding hydrogens is 309 g/mol. The molecule has 120 valence electrons. The molecule has 0 saturated carbocycles. The van der Waals surface area contributed by atoms with Crippen LogP contribution in [0.1, 0.15) is 18.9 Å². The molecule has 2 rings (SSSR count). The Morgan fingerprint density at radius 1 is 1.55 bits per heavy atom. The molecule has 0 aromatic heterocycles. The smallest absolute Gasteiger partial charge is 0.237 e. The molecule has 1 aromatic rings. The average Bonchev–Trinajstić information content (AvgIpc) is 2.46. The van der Waals surface area contributed by atoms with E-state index in [2.05, 4.69) is 10.6 Å². The molecule has 2 amide bonds. The van der Waals surface area contributed by atoms with Gasteiger partial charge >= 0.3 is 0 Å². The van der Waals surface area contributed by atoms with Crippen LogP contribution < -0.4 is 10.6 Å². The highest BCUT2D eigenvalue weighted by molar-refractivity contribution is 6.31. The minimum atomic E-state index is -0.615. The van der Waals surface area contributed by atoms with Gasteiger partial charge in [0.2, 0.25) is 11.8 Å². The number of nitrogens with one attached hydrogen (secondary N) is 2. The summed E-state index contributed by atoms with van der Waals surface area (Å²) in [5.41, 5.74) is 0.347. The number of halogens is 2. The van der Waals surface area contributed by atoms with Gasteiger partial charge in [-0.2, -0.15) is 0 Å². The highest BCUT2D eigenvalue weighted by atomic mass is 35.5. The van der Waals surface area contributed by atoms with E-state index in [1.165, 1.54) is 12.1 Å². The molecule has 1 heterocycles. The summed E-state index contributed by atoms with van der Waals surface area (Å²) in [5, 5.41) is 5.73. The molecule has 7 heteroatoms. The van der Waals surface area contributed by atoms with Gasteiger partial charge in [-0.1, -0.05) is 17.7 Å². The first-order valence-corrected chi connectivity index (χ1v) is 7.62. The number of amides is 2. The van der Waals surface area contributed by atoms with Gasteiger partial charge < -0.3 is 10.6 Å². The summed E-state index contributed by atoms with van der Waals surface area (Å²) in [6, 6.07) is 3.87. The number of piperazine rings is 1. The second-order valence-electron chi connectivity index (χ2n) is 5.14. The molecule has 5 nitrogen and oxygen atoms in total. The first-order chi connectivity index (χ1) is 10.5. The van der Waals surface area contributed by atoms with E-state index in [1.807, 2.05) is 6.92 Å². The van der Waals surface area contributed by atoms with E-state index in [0.717, 1.165) is 0 Å². The van der Waals surface area contributed by atoms with Crippen LogP contribution in [0.15, 0.2) is 18.2 Å². The van der Waals surface area contributed by atoms with Gasteiger partial charge in [-0.15, -0.1) is 0 Å². The second kappa shape index (κ2) is 7.56. The van der Waals surface area contributed by atoms with Crippen molar-refractivity contribution in [2.45, 2.75) is 25.9 Å². The third kappa shape index (κ3) is 3.96. The Morgan fingerprint density at radius 2 is 2.32 bits per heavy atom. The van der Waals surface area contributed by atoms with Crippen molar-refractivity contribution < 1.29 is 14.0 Å². The zero-order valence-electron chi connectivity index (χ0n) is 12.4. The topological polar surface area (TPSA) is 61.4 Å². The maximum Gasteiger partial charge on any atom is 0.237 e. The van der Waals surface area contributed by atoms with Crippen molar-refractivity contribution in [3.63, 3.8) is 0 Å². The lowest BCUT2D eigenvalue weighted by Crippen LogP contribution is -2.56. The van der Waals surface area contributed by atoms with Crippen LogP contribution in [0.25, 0.3) is 0 Å². The molecular formula is C15H19ClFN3O2. The number of carbonyl (C=O) groups excluding carboxylic acids is 2. The zero-order valence-corrected chi connectivity index (χ0v) is 13.1. The van der Waals surface area contributed by atoms with Crippen LogP contribution in [0.2, 0.25) is 5.02 Å². The predicted octanol–water partition coefficient (Wildman–Crippen LogP) is 1.31. The summed E-state index contributed by atoms with van der Waals surface area (Å²) in [4.78, 5) is 25.6. The first kappa shape index (κ1) is 16.7. The number of nitrogens with zero attached hydrogens (tertiary/aromatic N) is 1. The maximum atomic E-state index is 13.9. The van der Waals surface area contributed by atoms with E-state index >= 15 is 0 Å². The van der Waals surface area contributed by atoms with Crippen molar-refractivity contribution in [1.82, 2.24) is 15.5 Å². The van der Waals surface area contributed by atoms with Crippen molar-refractivity contribution in [3.05, 3.63) is 34.6 Å². The van der Waals surface area contributed by atoms with Crippen LogP contribution in [0.4, 0.5) is 4.39 Å². The van der Waals surface area contributed by atoms with Crippen LogP contribution in [0.5, 0.6) is 0 Å². The highest BCUT2D eigenvalue weighted by Crippen LogP contribution is 2.23. The summed E-state index contributed by atoms with van der Waals surface area (Å²) < 4.78 is 13.9. The van der Waals surface area contributed by atoms with E-state index in [4.69, 9.17) is 11.6 Å². The Balaban J connectivity index is 2.15. The molecule has 2 N–H and O–H groups in total. The van der Waals surface area contributed by atoms with Gasteiger partial charge in [0.1, 0.15) is 5.82 Å². The lowest BCUT2D eigenvalue weighted by Gasteiger charge is -2.34. The summed E-state index contributed by atoms with van der Waals surface area (Å²) >= 11 is 6.04. The van der Waals surface area contributed by atoms with Gasteiger partial charge in [0.05, 0.1) is 12.5 Å². The van der Waals surface area contributed by atoms with Gasteiger partial charge in [0, 0.05) is 36.8 Å². The quantitative estimate of drug-likeness (QED) is 0.857. The van der Waals surface area contributed by atoms with E-state index in [-0.39, 0.29) is 24.8 Å². The minimum Gasteiger partial charge on any atom is -0.356 e. The SMILES string of the molecule is CCNC(=O)C[C@@H]1C(=O)NCCN1Cc1c(F)cccc1Cl. The van der Waals surface area contributed by atoms with E-state index in [9.17, 15) is 14.0 Å². The third-order valence-electron chi connectivity index (χ3n) is 3.62. The Hall–Kier alpha value is -1.66. The molecule has 1 saturated heterocycles. The minimum absolute atomic E-state index is 0.0474. The Kier molecular flexibility index (Phi) is 5.74. The van der Waals surface area contributed by atoms with Crippen molar-refractivity contribution in [1.29, 1.82) is 0 Å². The summed E-state index contributed by atoms with van der Waals surface area (Å²) in [5.74, 6) is -0.825. The van der Waals surface area contributed by atoms with Crippen molar-refractivity contribution in [2.24, 2.45) is 0 Å². The van der Waals surface area contributed by atoms with Gasteiger partial charge in [-0.3, -0.25) is 14.5 Å². The molecule has 0 bridgehead atoms. The molecule has 1 aliphatic rings. The van der Waals surface area contributed by atoms with Crippen LogP contribution >= 0.6 is 11.6 Å². The average molecular weight is 328 g/mol. The van der Waals surface area contributed by atoms with Gasteiger partial charge in [0.25, 0.3) is 0 Å². The summed E-state index contributed by atoms with van der Waals surface area (Å²) in [6.45, 7) is 3.53. The molecule has 1 aromatic carbocycles.